The molecule has 0 heterocycles. The summed E-state index contributed by atoms with van der Waals surface area (Å²) in [7, 11) is 0. The first-order valence-electron chi connectivity index (χ1n) is 6.47. The number of nitrogens with zero attached hydrogens (tertiary/aromatic N) is 1. The van der Waals surface area contributed by atoms with Gasteiger partial charge in [0.2, 0.25) is 11.8 Å². The van der Waals surface area contributed by atoms with E-state index in [9.17, 15) is 9.59 Å². The largest absolute Gasteiger partial charge is 0.368 e. The minimum atomic E-state index is -0.501. The van der Waals surface area contributed by atoms with Crippen LogP contribution in [-0.2, 0) is 9.59 Å². The summed E-state index contributed by atoms with van der Waals surface area (Å²) in [6.07, 6.45) is 6.63. The summed E-state index contributed by atoms with van der Waals surface area (Å²) < 4.78 is 0. The number of primary amides is 1. The van der Waals surface area contributed by atoms with Crippen LogP contribution >= 0.6 is 0 Å². The van der Waals surface area contributed by atoms with E-state index >= 15 is 0 Å². The van der Waals surface area contributed by atoms with Crippen molar-refractivity contribution in [1.29, 1.82) is 0 Å². The van der Waals surface area contributed by atoms with Crippen LogP contribution in [0.25, 0.3) is 0 Å². The van der Waals surface area contributed by atoms with Crippen molar-refractivity contribution in [3.63, 3.8) is 0 Å². The fourth-order valence-electron chi connectivity index (χ4n) is 2.29. The second kappa shape index (κ2) is 6.18. The summed E-state index contributed by atoms with van der Waals surface area (Å²) >= 11 is 0. The van der Waals surface area contributed by atoms with Gasteiger partial charge >= 0.3 is 0 Å². The fraction of sp³-hybridized carbons (Fsp3) is 0.333. The topological polar surface area (TPSA) is 63.4 Å². The number of nitrogens with two attached hydrogens (primary N) is 1. The minimum Gasteiger partial charge on any atom is -0.368 e. The van der Waals surface area contributed by atoms with Gasteiger partial charge in [-0.25, -0.2) is 0 Å². The molecule has 1 aliphatic rings. The molecule has 1 aliphatic carbocycles. The molecule has 1 atom stereocenters. The van der Waals surface area contributed by atoms with Crippen LogP contribution in [0.1, 0.15) is 19.3 Å². The van der Waals surface area contributed by atoms with Gasteiger partial charge in [0.05, 0.1) is 0 Å². The van der Waals surface area contributed by atoms with Crippen LogP contribution in [0, 0.1) is 5.92 Å². The lowest BCUT2D eigenvalue weighted by molar-refractivity contribution is -0.122. The highest BCUT2D eigenvalue weighted by molar-refractivity contribution is 5.98. The van der Waals surface area contributed by atoms with Crippen LogP contribution in [0.15, 0.2) is 42.5 Å². The molecular formula is C15H18N2O2. The third kappa shape index (κ3) is 3.68. The summed E-state index contributed by atoms with van der Waals surface area (Å²) in [6.45, 7) is -0.0702. The number of amides is 2. The molecule has 2 N–H and O–H groups in total. The van der Waals surface area contributed by atoms with Crippen molar-refractivity contribution in [3.05, 3.63) is 42.5 Å². The molecule has 0 bridgehead atoms. The average molecular weight is 258 g/mol. The number of benzene rings is 1. The Morgan fingerprint density at radius 3 is 2.58 bits per heavy atom. The van der Waals surface area contributed by atoms with Crippen LogP contribution in [-0.4, -0.2) is 18.4 Å². The van der Waals surface area contributed by atoms with E-state index in [0.717, 1.165) is 12.8 Å². The number of anilines is 1. The molecule has 1 aromatic rings. The van der Waals surface area contributed by atoms with Gasteiger partial charge in [-0.05, 0) is 30.9 Å². The summed E-state index contributed by atoms with van der Waals surface area (Å²) in [5.74, 6) is -0.271. The van der Waals surface area contributed by atoms with Gasteiger partial charge in [-0.15, -0.1) is 0 Å². The van der Waals surface area contributed by atoms with Gasteiger partial charge in [0.1, 0.15) is 6.54 Å². The Labute approximate surface area is 112 Å². The lowest BCUT2D eigenvalue weighted by Crippen LogP contribution is -2.39. The predicted molar refractivity (Wildman–Crippen MR) is 74.5 cm³/mol. The highest BCUT2D eigenvalue weighted by Crippen LogP contribution is 2.23. The van der Waals surface area contributed by atoms with E-state index in [2.05, 4.69) is 12.2 Å². The first kappa shape index (κ1) is 13.3. The van der Waals surface area contributed by atoms with E-state index in [1.165, 1.54) is 4.90 Å². The SMILES string of the molecule is NC(=O)CN(C(=O)CC1C=CCC1)c1ccccc1. The second-order valence-corrected chi connectivity index (χ2v) is 4.75. The van der Waals surface area contributed by atoms with Crippen molar-refractivity contribution < 1.29 is 9.59 Å². The third-order valence-corrected chi connectivity index (χ3v) is 3.23. The molecule has 0 aliphatic heterocycles. The maximum Gasteiger partial charge on any atom is 0.237 e. The van der Waals surface area contributed by atoms with Crippen molar-refractivity contribution in [3.8, 4) is 0 Å². The van der Waals surface area contributed by atoms with E-state index < -0.39 is 5.91 Å². The van der Waals surface area contributed by atoms with Gasteiger partial charge in [-0.2, -0.15) is 0 Å². The van der Waals surface area contributed by atoms with Crippen molar-refractivity contribution in [2.45, 2.75) is 19.3 Å². The summed E-state index contributed by atoms with van der Waals surface area (Å²) in [6, 6.07) is 9.17. The zero-order valence-corrected chi connectivity index (χ0v) is 10.8. The number of carbonyl (C=O) groups excluding carboxylic acids is 2. The molecule has 0 saturated heterocycles. The van der Waals surface area contributed by atoms with Gasteiger partial charge < -0.3 is 10.6 Å². The zero-order chi connectivity index (χ0) is 13.7. The van der Waals surface area contributed by atoms with E-state index in [-0.39, 0.29) is 18.4 Å². The Morgan fingerprint density at radius 1 is 1.26 bits per heavy atom. The molecular weight excluding hydrogens is 240 g/mol. The van der Waals surface area contributed by atoms with Crippen LogP contribution in [0.5, 0.6) is 0 Å². The molecule has 1 unspecified atom stereocenters. The van der Waals surface area contributed by atoms with Gasteiger partial charge in [0.25, 0.3) is 0 Å². The lowest BCUT2D eigenvalue weighted by Gasteiger charge is -2.22. The zero-order valence-electron chi connectivity index (χ0n) is 10.8. The van der Waals surface area contributed by atoms with Crippen molar-refractivity contribution >= 4 is 17.5 Å². The summed E-state index contributed by atoms with van der Waals surface area (Å²) in [5, 5.41) is 0. The number of hydrogen-bond acceptors (Lipinski definition) is 2. The molecule has 4 nitrogen and oxygen atoms in total. The van der Waals surface area contributed by atoms with Crippen molar-refractivity contribution in [2.24, 2.45) is 11.7 Å². The molecule has 0 spiro atoms. The number of allylic oxidation sites excluding steroid dienone is 2. The Kier molecular flexibility index (Phi) is 4.34. The molecule has 1 aromatic carbocycles. The predicted octanol–water partition coefficient (Wildman–Crippen LogP) is 1.86. The monoisotopic (exact) mass is 258 g/mol. The molecule has 2 amide bonds. The number of hydrogen-bond donors (Lipinski definition) is 1. The fourth-order valence-corrected chi connectivity index (χ4v) is 2.29. The maximum atomic E-state index is 12.3. The first-order chi connectivity index (χ1) is 9.16. The second-order valence-electron chi connectivity index (χ2n) is 4.75. The third-order valence-electron chi connectivity index (χ3n) is 3.23. The van der Waals surface area contributed by atoms with Crippen LogP contribution in [0.3, 0.4) is 0 Å². The first-order valence-corrected chi connectivity index (χ1v) is 6.47. The number of rotatable bonds is 5. The molecule has 19 heavy (non-hydrogen) atoms. The van der Waals surface area contributed by atoms with E-state index in [1.54, 1.807) is 0 Å². The van der Waals surface area contributed by atoms with Gasteiger partial charge in [-0.1, -0.05) is 30.4 Å². The highest BCUT2D eigenvalue weighted by atomic mass is 16.2. The van der Waals surface area contributed by atoms with E-state index in [1.807, 2.05) is 30.3 Å². The molecule has 0 aromatic heterocycles. The van der Waals surface area contributed by atoms with Crippen molar-refractivity contribution in [2.75, 3.05) is 11.4 Å². The maximum absolute atomic E-state index is 12.3. The average Bonchev–Trinajstić information content (AvgIpc) is 2.89. The quantitative estimate of drug-likeness (QED) is 0.819. The highest BCUT2D eigenvalue weighted by Gasteiger charge is 2.21. The molecule has 0 fully saturated rings. The Balaban J connectivity index is 2.10. The smallest absolute Gasteiger partial charge is 0.237 e. The van der Waals surface area contributed by atoms with Gasteiger partial charge in [0, 0.05) is 12.1 Å². The Bertz CT molecular complexity index is 482. The molecule has 0 radical (unpaired) electrons. The summed E-state index contributed by atoms with van der Waals surface area (Å²) in [5.41, 5.74) is 5.95. The molecule has 2 rings (SSSR count). The van der Waals surface area contributed by atoms with E-state index in [4.69, 9.17) is 5.73 Å². The summed E-state index contributed by atoms with van der Waals surface area (Å²) in [4.78, 5) is 24.9. The normalized spacial score (nSPS) is 17.4. The lowest BCUT2D eigenvalue weighted by atomic mass is 10.0. The molecule has 4 heteroatoms. The number of para-hydroxylation sites is 1. The minimum absolute atomic E-state index is 0.0541. The standard InChI is InChI=1S/C15H18N2O2/c16-14(18)11-17(13-8-2-1-3-9-13)15(19)10-12-6-4-5-7-12/h1-4,6,8-9,12H,5,7,10-11H2,(H2,16,18). The van der Waals surface area contributed by atoms with Gasteiger partial charge in [-0.3, -0.25) is 9.59 Å². The Hall–Kier alpha value is -2.10. The number of carbonyl (C=O) groups is 2. The van der Waals surface area contributed by atoms with Crippen molar-refractivity contribution in [1.82, 2.24) is 0 Å². The Morgan fingerprint density at radius 2 is 2.00 bits per heavy atom. The molecule has 100 valence electrons. The van der Waals surface area contributed by atoms with Crippen LogP contribution in [0.2, 0.25) is 0 Å². The van der Waals surface area contributed by atoms with E-state index in [0.29, 0.717) is 12.1 Å². The van der Waals surface area contributed by atoms with Gasteiger partial charge in [0.15, 0.2) is 0 Å². The van der Waals surface area contributed by atoms with Crippen LogP contribution in [0.4, 0.5) is 5.69 Å². The van der Waals surface area contributed by atoms with Crippen LogP contribution < -0.4 is 10.6 Å². The molecule has 0 saturated carbocycles.